The average molecular weight is 370 g/mol. The maximum atomic E-state index is 12.4. The molecule has 0 aliphatic heterocycles. The summed E-state index contributed by atoms with van der Waals surface area (Å²) in [6.07, 6.45) is 1.53. The van der Waals surface area contributed by atoms with Crippen molar-refractivity contribution in [3.05, 3.63) is 52.1 Å². The Kier molecular flexibility index (Phi) is 4.97. The van der Waals surface area contributed by atoms with Gasteiger partial charge in [-0.2, -0.15) is 0 Å². The van der Waals surface area contributed by atoms with E-state index in [1.54, 1.807) is 30.3 Å². The van der Waals surface area contributed by atoms with Gasteiger partial charge in [-0.05, 0) is 65.3 Å². The Morgan fingerprint density at radius 2 is 2.05 bits per heavy atom. The van der Waals surface area contributed by atoms with Crippen molar-refractivity contribution in [1.29, 1.82) is 0 Å². The molecule has 7 heteroatoms. The van der Waals surface area contributed by atoms with Crippen molar-refractivity contribution in [3.8, 4) is 0 Å². The predicted octanol–water partition coefficient (Wildman–Crippen LogP) is 2.67. The van der Waals surface area contributed by atoms with Gasteiger partial charge >= 0.3 is 0 Å². The first kappa shape index (κ1) is 15.9. The number of benzene rings is 1. The van der Waals surface area contributed by atoms with Gasteiger partial charge in [0.2, 0.25) is 0 Å². The Balaban J connectivity index is 2.36. The highest BCUT2D eigenvalue weighted by molar-refractivity contribution is 9.10. The zero-order chi connectivity index (χ0) is 15.5. The number of hydrogen-bond acceptors (Lipinski definition) is 4. The molecule has 0 aliphatic carbocycles. The summed E-state index contributed by atoms with van der Waals surface area (Å²) in [4.78, 5) is 4.23. The second kappa shape index (κ2) is 6.55. The van der Waals surface area contributed by atoms with Gasteiger partial charge in [0.05, 0.1) is 9.37 Å². The largest absolute Gasteiger partial charge is 0.316 e. The number of aromatic nitrogens is 1. The summed E-state index contributed by atoms with van der Waals surface area (Å²) < 4.78 is 27.9. The highest BCUT2D eigenvalue weighted by Crippen LogP contribution is 2.23. The second-order valence-corrected chi connectivity index (χ2v) is 7.09. The summed E-state index contributed by atoms with van der Waals surface area (Å²) in [7, 11) is -1.84. The normalized spacial score (nSPS) is 11.4. The number of hydrogen-bond donors (Lipinski definition) is 2. The Bertz CT molecular complexity index is 748. The quantitative estimate of drug-likeness (QED) is 0.849. The Morgan fingerprint density at radius 3 is 2.71 bits per heavy atom. The van der Waals surface area contributed by atoms with Crippen LogP contribution >= 0.6 is 15.9 Å². The fourth-order valence-corrected chi connectivity index (χ4v) is 3.41. The number of pyridine rings is 1. The van der Waals surface area contributed by atoms with Crippen LogP contribution in [-0.2, 0) is 16.6 Å². The average Bonchev–Trinajstić information content (AvgIpc) is 2.44. The third-order valence-corrected chi connectivity index (χ3v) is 4.96. The van der Waals surface area contributed by atoms with Crippen LogP contribution < -0.4 is 10.0 Å². The number of rotatable bonds is 5. The van der Waals surface area contributed by atoms with E-state index in [0.29, 0.717) is 11.0 Å². The van der Waals surface area contributed by atoms with Gasteiger partial charge < -0.3 is 5.32 Å². The lowest BCUT2D eigenvalue weighted by atomic mass is 10.1. The van der Waals surface area contributed by atoms with Crippen LogP contribution in [0.25, 0.3) is 0 Å². The lowest BCUT2D eigenvalue weighted by Crippen LogP contribution is -2.15. The standard InChI is InChI=1S/C14H16BrN3O2S/c1-10-5-6-12(8-11(10)9-16-2)21(19,20)18-14-13(15)4-3-7-17-14/h3-8,16H,9H2,1-2H3,(H,17,18). The van der Waals surface area contributed by atoms with E-state index in [1.807, 2.05) is 14.0 Å². The van der Waals surface area contributed by atoms with E-state index in [4.69, 9.17) is 0 Å². The van der Waals surface area contributed by atoms with Gasteiger partial charge in [-0.15, -0.1) is 0 Å². The Hall–Kier alpha value is -1.44. The van der Waals surface area contributed by atoms with Crippen LogP contribution in [0, 0.1) is 6.92 Å². The third-order valence-electron chi connectivity index (χ3n) is 2.99. The highest BCUT2D eigenvalue weighted by Gasteiger charge is 2.17. The smallest absolute Gasteiger partial charge is 0.263 e. The molecule has 0 atom stereocenters. The van der Waals surface area contributed by atoms with Crippen molar-refractivity contribution in [2.75, 3.05) is 11.8 Å². The van der Waals surface area contributed by atoms with Gasteiger partial charge in [-0.1, -0.05) is 6.07 Å². The van der Waals surface area contributed by atoms with E-state index in [2.05, 4.69) is 31.0 Å². The van der Waals surface area contributed by atoms with Crippen LogP contribution in [-0.4, -0.2) is 20.4 Å². The Morgan fingerprint density at radius 1 is 1.29 bits per heavy atom. The molecule has 0 unspecified atom stereocenters. The lowest BCUT2D eigenvalue weighted by molar-refractivity contribution is 0.600. The molecule has 112 valence electrons. The SMILES string of the molecule is CNCc1cc(S(=O)(=O)Nc2ncccc2Br)ccc1C. The molecular weight excluding hydrogens is 354 g/mol. The van der Waals surface area contributed by atoms with E-state index in [9.17, 15) is 8.42 Å². The fourth-order valence-electron chi connectivity index (χ4n) is 1.84. The van der Waals surface area contributed by atoms with Crippen LogP contribution in [0.3, 0.4) is 0 Å². The van der Waals surface area contributed by atoms with Crippen molar-refractivity contribution < 1.29 is 8.42 Å². The first-order valence-corrected chi connectivity index (χ1v) is 8.59. The first-order valence-electron chi connectivity index (χ1n) is 6.31. The molecule has 21 heavy (non-hydrogen) atoms. The van der Waals surface area contributed by atoms with Gasteiger partial charge in [0.15, 0.2) is 5.82 Å². The molecule has 0 spiro atoms. The van der Waals surface area contributed by atoms with Crippen LogP contribution in [0.2, 0.25) is 0 Å². The summed E-state index contributed by atoms with van der Waals surface area (Å²) in [5, 5.41) is 3.03. The zero-order valence-electron chi connectivity index (χ0n) is 11.7. The Labute approximate surface area is 133 Å². The van der Waals surface area contributed by atoms with Crippen molar-refractivity contribution in [3.63, 3.8) is 0 Å². The summed E-state index contributed by atoms with van der Waals surface area (Å²) >= 11 is 3.27. The second-order valence-electron chi connectivity index (χ2n) is 4.56. The van der Waals surface area contributed by atoms with E-state index in [1.165, 1.54) is 6.20 Å². The van der Waals surface area contributed by atoms with Crippen molar-refractivity contribution in [2.24, 2.45) is 0 Å². The lowest BCUT2D eigenvalue weighted by Gasteiger charge is -2.11. The minimum absolute atomic E-state index is 0.218. The number of aryl methyl sites for hydroxylation is 1. The minimum atomic E-state index is -3.66. The fraction of sp³-hybridized carbons (Fsp3) is 0.214. The molecule has 0 aliphatic rings. The molecule has 1 heterocycles. The zero-order valence-corrected chi connectivity index (χ0v) is 14.1. The molecule has 1 aromatic carbocycles. The molecule has 1 aromatic heterocycles. The van der Waals surface area contributed by atoms with Crippen molar-refractivity contribution in [2.45, 2.75) is 18.4 Å². The molecule has 5 nitrogen and oxygen atoms in total. The molecule has 0 fully saturated rings. The van der Waals surface area contributed by atoms with E-state index < -0.39 is 10.0 Å². The van der Waals surface area contributed by atoms with Gasteiger partial charge in [0, 0.05) is 12.7 Å². The molecule has 2 N–H and O–H groups in total. The van der Waals surface area contributed by atoms with Crippen LogP contribution in [0.15, 0.2) is 45.9 Å². The van der Waals surface area contributed by atoms with Gasteiger partial charge in [0.25, 0.3) is 10.0 Å². The number of anilines is 1. The van der Waals surface area contributed by atoms with E-state index in [0.717, 1.165) is 11.1 Å². The minimum Gasteiger partial charge on any atom is -0.316 e. The number of nitrogens with one attached hydrogen (secondary N) is 2. The highest BCUT2D eigenvalue weighted by atomic mass is 79.9. The number of nitrogens with zero attached hydrogens (tertiary/aromatic N) is 1. The maximum Gasteiger partial charge on any atom is 0.263 e. The van der Waals surface area contributed by atoms with Gasteiger partial charge in [0.1, 0.15) is 0 Å². The summed E-state index contributed by atoms with van der Waals surface area (Å²) in [6.45, 7) is 2.56. The van der Waals surface area contributed by atoms with Crippen LogP contribution in [0.5, 0.6) is 0 Å². The maximum absolute atomic E-state index is 12.4. The number of sulfonamides is 1. The molecule has 2 rings (SSSR count). The van der Waals surface area contributed by atoms with E-state index in [-0.39, 0.29) is 10.7 Å². The van der Waals surface area contributed by atoms with Crippen LogP contribution in [0.4, 0.5) is 5.82 Å². The molecule has 0 bridgehead atoms. The predicted molar refractivity (Wildman–Crippen MR) is 86.7 cm³/mol. The third kappa shape index (κ3) is 3.81. The summed E-state index contributed by atoms with van der Waals surface area (Å²) in [5.41, 5.74) is 1.99. The van der Waals surface area contributed by atoms with Crippen molar-refractivity contribution >= 4 is 31.8 Å². The van der Waals surface area contributed by atoms with Crippen LogP contribution in [0.1, 0.15) is 11.1 Å². The van der Waals surface area contributed by atoms with Gasteiger partial charge in [-0.3, -0.25) is 4.72 Å². The molecule has 2 aromatic rings. The molecule has 0 radical (unpaired) electrons. The molecular formula is C14H16BrN3O2S. The molecule has 0 saturated heterocycles. The summed E-state index contributed by atoms with van der Waals surface area (Å²) in [6, 6.07) is 8.51. The molecule has 0 saturated carbocycles. The monoisotopic (exact) mass is 369 g/mol. The molecule has 0 amide bonds. The topological polar surface area (TPSA) is 71.1 Å². The number of halogens is 1. The van der Waals surface area contributed by atoms with E-state index >= 15 is 0 Å². The summed E-state index contributed by atoms with van der Waals surface area (Å²) in [5.74, 6) is 0.272. The van der Waals surface area contributed by atoms with Crippen molar-refractivity contribution in [1.82, 2.24) is 10.3 Å². The first-order chi connectivity index (χ1) is 9.94. The van der Waals surface area contributed by atoms with Gasteiger partial charge in [-0.25, -0.2) is 13.4 Å².